The molecule has 1 aromatic heterocycles. The number of oxazole rings is 1. The molecule has 0 aliphatic carbocycles. The van der Waals surface area contributed by atoms with Gasteiger partial charge in [-0.05, 0) is 42.3 Å². The average Bonchev–Trinajstić information content (AvgIpc) is 2.75. The predicted octanol–water partition coefficient (Wildman–Crippen LogP) is 3.02. The highest BCUT2D eigenvalue weighted by molar-refractivity contribution is 7.71. The van der Waals surface area contributed by atoms with Crippen LogP contribution in [0.25, 0.3) is 11.1 Å². The third-order valence-corrected chi connectivity index (χ3v) is 3.28. The van der Waals surface area contributed by atoms with Gasteiger partial charge in [-0.3, -0.25) is 4.79 Å². The fraction of sp³-hybridized carbons (Fsp3) is 0.467. The molecule has 0 saturated heterocycles. The summed E-state index contributed by atoms with van der Waals surface area (Å²) in [6.45, 7) is 6.11. The monoisotopic (exact) mass is 308 g/mol. The Balaban J connectivity index is 2.15. The van der Waals surface area contributed by atoms with Gasteiger partial charge in [0.2, 0.25) is 0 Å². The van der Waals surface area contributed by atoms with Crippen LogP contribution in [0.2, 0.25) is 0 Å². The maximum Gasteiger partial charge on any atom is 0.266 e. The molecule has 3 N–H and O–H groups in total. The van der Waals surface area contributed by atoms with Crippen LogP contribution in [0.3, 0.4) is 0 Å². The minimum absolute atomic E-state index is 0.0256. The highest BCUT2D eigenvalue weighted by Crippen LogP contribution is 2.21. The van der Waals surface area contributed by atoms with E-state index in [0.29, 0.717) is 17.6 Å². The summed E-state index contributed by atoms with van der Waals surface area (Å²) in [5, 5.41) is 12.3. The van der Waals surface area contributed by atoms with Gasteiger partial charge in [-0.1, -0.05) is 20.8 Å². The summed E-state index contributed by atoms with van der Waals surface area (Å²) in [7, 11) is 0. The first-order valence-corrected chi connectivity index (χ1v) is 7.24. The topological polar surface area (TPSA) is 78.3 Å². The van der Waals surface area contributed by atoms with E-state index in [2.05, 4.69) is 31.1 Å². The summed E-state index contributed by atoms with van der Waals surface area (Å²) in [5.41, 5.74) is 1.80. The zero-order valence-corrected chi connectivity index (χ0v) is 13.2. The molecule has 0 bridgehead atoms. The van der Waals surface area contributed by atoms with Crippen LogP contribution >= 0.6 is 12.2 Å². The van der Waals surface area contributed by atoms with Crippen molar-refractivity contribution >= 4 is 29.2 Å². The molecule has 1 heterocycles. The van der Waals surface area contributed by atoms with E-state index in [9.17, 15) is 9.90 Å². The van der Waals surface area contributed by atoms with Crippen LogP contribution < -0.4 is 5.32 Å². The Morgan fingerprint density at radius 2 is 2.19 bits per heavy atom. The SMILES string of the molecule is CC(C)(C)CC(CO)NC(=O)c1ccc2[nH]c(=S)oc2c1. The first-order chi connectivity index (χ1) is 9.78. The Labute approximate surface area is 128 Å². The van der Waals surface area contributed by atoms with Crippen molar-refractivity contribution < 1.29 is 14.3 Å². The lowest BCUT2D eigenvalue weighted by atomic mass is 9.88. The molecule has 1 unspecified atom stereocenters. The largest absolute Gasteiger partial charge is 0.429 e. The van der Waals surface area contributed by atoms with Crippen molar-refractivity contribution in [3.63, 3.8) is 0 Å². The molecule has 1 atom stereocenters. The lowest BCUT2D eigenvalue weighted by Crippen LogP contribution is -2.40. The first kappa shape index (κ1) is 15.7. The molecule has 0 aliphatic heterocycles. The van der Waals surface area contributed by atoms with Crippen LogP contribution in [0.4, 0.5) is 0 Å². The molecule has 114 valence electrons. The zero-order chi connectivity index (χ0) is 15.6. The van der Waals surface area contributed by atoms with Crippen molar-refractivity contribution in [3.8, 4) is 0 Å². The predicted molar refractivity (Wildman–Crippen MR) is 83.8 cm³/mol. The third kappa shape index (κ3) is 4.15. The Hall–Kier alpha value is -1.66. The summed E-state index contributed by atoms with van der Waals surface area (Å²) in [6.07, 6.45) is 0.697. The number of carbonyl (C=O) groups excluding carboxylic acids is 1. The first-order valence-electron chi connectivity index (χ1n) is 6.83. The molecular formula is C15H20N2O3S. The second-order valence-corrected chi connectivity index (χ2v) is 6.71. The van der Waals surface area contributed by atoms with Gasteiger partial charge in [0.25, 0.3) is 10.7 Å². The number of aromatic nitrogens is 1. The number of hydrogen-bond acceptors (Lipinski definition) is 4. The molecule has 0 spiro atoms. The zero-order valence-electron chi connectivity index (χ0n) is 12.4. The highest BCUT2D eigenvalue weighted by atomic mass is 32.1. The number of nitrogens with one attached hydrogen (secondary N) is 2. The number of hydrogen-bond donors (Lipinski definition) is 3. The van der Waals surface area contributed by atoms with E-state index in [1.807, 2.05) is 0 Å². The van der Waals surface area contributed by atoms with Gasteiger partial charge < -0.3 is 19.8 Å². The summed E-state index contributed by atoms with van der Waals surface area (Å²) in [5.74, 6) is -0.234. The summed E-state index contributed by atoms with van der Waals surface area (Å²) in [4.78, 5) is 15.4. The summed E-state index contributed by atoms with van der Waals surface area (Å²) >= 11 is 4.91. The van der Waals surface area contributed by atoms with Crippen molar-refractivity contribution in [2.75, 3.05) is 6.61 Å². The van der Waals surface area contributed by atoms with Crippen LogP contribution in [0.15, 0.2) is 22.6 Å². The lowest BCUT2D eigenvalue weighted by molar-refractivity contribution is 0.0897. The lowest BCUT2D eigenvalue weighted by Gasteiger charge is -2.25. The summed E-state index contributed by atoms with van der Waals surface area (Å²) in [6, 6.07) is 4.82. The molecule has 6 heteroatoms. The molecular weight excluding hydrogens is 288 g/mol. The average molecular weight is 308 g/mol. The van der Waals surface area contributed by atoms with Crippen LogP contribution in [-0.2, 0) is 0 Å². The van der Waals surface area contributed by atoms with Gasteiger partial charge in [0.05, 0.1) is 18.2 Å². The van der Waals surface area contributed by atoms with Gasteiger partial charge in [-0.25, -0.2) is 0 Å². The fourth-order valence-corrected chi connectivity index (χ4v) is 2.46. The van der Waals surface area contributed by atoms with Gasteiger partial charge in [-0.2, -0.15) is 0 Å². The van der Waals surface area contributed by atoms with Gasteiger partial charge in [0, 0.05) is 5.56 Å². The van der Waals surface area contributed by atoms with E-state index in [1.165, 1.54) is 0 Å². The second kappa shape index (κ2) is 5.99. The van der Waals surface area contributed by atoms with Gasteiger partial charge in [0.1, 0.15) is 0 Å². The molecule has 0 radical (unpaired) electrons. The number of aliphatic hydroxyl groups excluding tert-OH is 1. The van der Waals surface area contributed by atoms with Crippen molar-refractivity contribution in [3.05, 3.63) is 28.6 Å². The fourth-order valence-electron chi connectivity index (χ4n) is 2.26. The van der Waals surface area contributed by atoms with E-state index in [0.717, 1.165) is 5.52 Å². The maximum atomic E-state index is 12.3. The Kier molecular flexibility index (Phi) is 4.49. The number of benzene rings is 1. The number of H-pyrrole nitrogens is 1. The van der Waals surface area contributed by atoms with Crippen molar-refractivity contribution in [2.24, 2.45) is 5.41 Å². The van der Waals surface area contributed by atoms with Crippen LogP contribution in [0.5, 0.6) is 0 Å². The molecule has 1 amide bonds. The van der Waals surface area contributed by atoms with Crippen molar-refractivity contribution in [1.29, 1.82) is 0 Å². The van der Waals surface area contributed by atoms with Crippen LogP contribution in [0.1, 0.15) is 37.6 Å². The number of amides is 1. The van der Waals surface area contributed by atoms with E-state index in [1.54, 1.807) is 18.2 Å². The Morgan fingerprint density at radius 3 is 2.81 bits per heavy atom. The molecule has 21 heavy (non-hydrogen) atoms. The Bertz CT molecular complexity index is 697. The number of aromatic amines is 1. The highest BCUT2D eigenvalue weighted by Gasteiger charge is 2.20. The number of rotatable bonds is 4. The standard InChI is InChI=1S/C15H20N2O3S/c1-15(2,3)7-10(8-18)16-13(19)9-4-5-11-12(6-9)20-14(21)17-11/h4-6,10,18H,7-8H2,1-3H3,(H,16,19)(H,17,21). The van der Waals surface area contributed by atoms with Gasteiger partial charge >= 0.3 is 0 Å². The third-order valence-electron chi connectivity index (χ3n) is 3.10. The van der Waals surface area contributed by atoms with Crippen molar-refractivity contribution in [2.45, 2.75) is 33.2 Å². The van der Waals surface area contributed by atoms with E-state index < -0.39 is 0 Å². The quantitative estimate of drug-likeness (QED) is 0.759. The maximum absolute atomic E-state index is 12.3. The minimum atomic E-state index is -0.272. The molecule has 0 saturated carbocycles. The number of aliphatic hydroxyl groups is 1. The van der Waals surface area contributed by atoms with Crippen LogP contribution in [0, 0.1) is 10.3 Å². The molecule has 5 nitrogen and oxygen atoms in total. The van der Waals surface area contributed by atoms with Crippen LogP contribution in [-0.4, -0.2) is 28.6 Å². The number of carbonyl (C=O) groups is 1. The molecule has 0 aliphatic rings. The Morgan fingerprint density at radius 1 is 1.48 bits per heavy atom. The second-order valence-electron chi connectivity index (χ2n) is 6.34. The minimum Gasteiger partial charge on any atom is -0.429 e. The van der Waals surface area contributed by atoms with E-state index >= 15 is 0 Å². The molecule has 0 fully saturated rings. The molecule has 2 aromatic rings. The summed E-state index contributed by atoms with van der Waals surface area (Å²) < 4.78 is 5.30. The normalized spacial score (nSPS) is 13.3. The molecule has 2 rings (SSSR count). The smallest absolute Gasteiger partial charge is 0.266 e. The van der Waals surface area contributed by atoms with Gasteiger partial charge in [0.15, 0.2) is 5.58 Å². The number of fused-ring (bicyclic) bond motifs is 1. The van der Waals surface area contributed by atoms with Gasteiger partial charge in [-0.15, -0.1) is 0 Å². The van der Waals surface area contributed by atoms with E-state index in [-0.39, 0.29) is 28.8 Å². The molecule has 1 aromatic carbocycles. The van der Waals surface area contributed by atoms with E-state index in [4.69, 9.17) is 16.6 Å². The van der Waals surface area contributed by atoms with Crippen molar-refractivity contribution in [1.82, 2.24) is 10.3 Å².